The zero-order chi connectivity index (χ0) is 15.7. The molecule has 0 atom stereocenters. The van der Waals surface area contributed by atoms with E-state index in [1.54, 1.807) is 20.1 Å². The molecule has 0 aromatic carbocycles. The molecule has 0 unspecified atom stereocenters. The SMILES string of the molecule is CC(=O)CCc1ccc(C)o1.CC(=O)CCc1ccco1. The van der Waals surface area contributed by atoms with Crippen LogP contribution in [-0.2, 0) is 22.4 Å². The molecule has 0 aliphatic heterocycles. The molecule has 0 aliphatic rings. The maximum Gasteiger partial charge on any atom is 0.130 e. The monoisotopic (exact) mass is 290 g/mol. The summed E-state index contributed by atoms with van der Waals surface area (Å²) in [4.78, 5) is 21.1. The van der Waals surface area contributed by atoms with Crippen molar-refractivity contribution >= 4 is 11.6 Å². The summed E-state index contributed by atoms with van der Waals surface area (Å²) in [6.45, 7) is 5.08. The molecule has 0 fully saturated rings. The summed E-state index contributed by atoms with van der Waals surface area (Å²) < 4.78 is 10.3. The summed E-state index contributed by atoms with van der Waals surface area (Å²) >= 11 is 0. The van der Waals surface area contributed by atoms with E-state index in [4.69, 9.17) is 8.83 Å². The molecule has 114 valence electrons. The number of hydrogen-bond donors (Lipinski definition) is 0. The van der Waals surface area contributed by atoms with Crippen LogP contribution in [0.4, 0.5) is 0 Å². The molecule has 0 bridgehead atoms. The highest BCUT2D eigenvalue weighted by Gasteiger charge is 1.99. The fourth-order valence-electron chi connectivity index (χ4n) is 1.67. The molecule has 0 saturated carbocycles. The lowest BCUT2D eigenvalue weighted by atomic mass is 10.2. The van der Waals surface area contributed by atoms with Crippen molar-refractivity contribution in [1.82, 2.24) is 0 Å². The Labute approximate surface area is 125 Å². The maximum absolute atomic E-state index is 10.6. The summed E-state index contributed by atoms with van der Waals surface area (Å²) in [5.41, 5.74) is 0. The molecule has 0 saturated heterocycles. The van der Waals surface area contributed by atoms with Gasteiger partial charge in [0.1, 0.15) is 28.8 Å². The van der Waals surface area contributed by atoms with Crippen LogP contribution in [0.5, 0.6) is 0 Å². The van der Waals surface area contributed by atoms with Crippen molar-refractivity contribution in [3.05, 3.63) is 47.8 Å². The van der Waals surface area contributed by atoms with E-state index in [9.17, 15) is 9.59 Å². The average molecular weight is 290 g/mol. The minimum absolute atomic E-state index is 0.205. The van der Waals surface area contributed by atoms with E-state index < -0.39 is 0 Å². The highest BCUT2D eigenvalue weighted by atomic mass is 16.3. The van der Waals surface area contributed by atoms with Gasteiger partial charge in [-0.25, -0.2) is 0 Å². The number of furan rings is 2. The molecule has 4 nitrogen and oxygen atoms in total. The first kappa shape index (κ1) is 17.0. The second-order valence-electron chi connectivity index (χ2n) is 5.00. The predicted molar refractivity (Wildman–Crippen MR) is 80.2 cm³/mol. The minimum atomic E-state index is 0.205. The van der Waals surface area contributed by atoms with E-state index in [2.05, 4.69) is 0 Å². The maximum atomic E-state index is 10.6. The van der Waals surface area contributed by atoms with Crippen LogP contribution in [0.3, 0.4) is 0 Å². The number of rotatable bonds is 6. The lowest BCUT2D eigenvalue weighted by Gasteiger charge is -1.91. The first-order valence-corrected chi connectivity index (χ1v) is 7.04. The van der Waals surface area contributed by atoms with E-state index in [1.807, 2.05) is 31.2 Å². The summed E-state index contributed by atoms with van der Waals surface area (Å²) in [5.74, 6) is 3.10. The van der Waals surface area contributed by atoms with E-state index in [-0.39, 0.29) is 11.6 Å². The Bertz CT molecular complexity index is 549. The summed E-state index contributed by atoms with van der Waals surface area (Å²) in [6.07, 6.45) is 4.22. The highest BCUT2D eigenvalue weighted by molar-refractivity contribution is 5.75. The van der Waals surface area contributed by atoms with Gasteiger partial charge in [-0.05, 0) is 45.0 Å². The van der Waals surface area contributed by atoms with Crippen molar-refractivity contribution in [3.63, 3.8) is 0 Å². The minimum Gasteiger partial charge on any atom is -0.469 e. The molecule has 0 aliphatic carbocycles. The number of hydrogen-bond acceptors (Lipinski definition) is 4. The Morgan fingerprint density at radius 2 is 1.57 bits per heavy atom. The van der Waals surface area contributed by atoms with Gasteiger partial charge in [0, 0.05) is 25.7 Å². The molecule has 2 heterocycles. The van der Waals surface area contributed by atoms with Gasteiger partial charge in [-0.15, -0.1) is 0 Å². The fourth-order valence-corrected chi connectivity index (χ4v) is 1.67. The van der Waals surface area contributed by atoms with Gasteiger partial charge < -0.3 is 18.4 Å². The Morgan fingerprint density at radius 1 is 0.952 bits per heavy atom. The molecule has 21 heavy (non-hydrogen) atoms. The van der Waals surface area contributed by atoms with E-state index >= 15 is 0 Å². The van der Waals surface area contributed by atoms with Gasteiger partial charge in [0.15, 0.2) is 0 Å². The number of carbonyl (C=O) groups excluding carboxylic acids is 2. The first-order valence-electron chi connectivity index (χ1n) is 7.04. The Hall–Kier alpha value is -2.10. The van der Waals surface area contributed by atoms with Gasteiger partial charge in [0.2, 0.25) is 0 Å². The third-order valence-corrected chi connectivity index (χ3v) is 2.82. The lowest BCUT2D eigenvalue weighted by molar-refractivity contribution is -0.117. The molecule has 0 spiro atoms. The standard InChI is InChI=1S/C9H12O2.C8H10O2/c1-7(10)3-5-9-6-4-8(2)11-9;1-7(9)4-5-8-3-2-6-10-8/h4,6H,3,5H2,1-2H3;2-3,6H,4-5H2,1H3. The van der Waals surface area contributed by atoms with Crippen molar-refractivity contribution in [1.29, 1.82) is 0 Å². The van der Waals surface area contributed by atoms with Crippen molar-refractivity contribution in [2.75, 3.05) is 0 Å². The van der Waals surface area contributed by atoms with Gasteiger partial charge in [0.25, 0.3) is 0 Å². The number of carbonyl (C=O) groups is 2. The van der Waals surface area contributed by atoms with Crippen LogP contribution >= 0.6 is 0 Å². The fraction of sp³-hybridized carbons (Fsp3) is 0.412. The van der Waals surface area contributed by atoms with Crippen LogP contribution in [0.15, 0.2) is 39.4 Å². The molecule has 0 N–H and O–H groups in total. The van der Waals surface area contributed by atoms with Crippen molar-refractivity contribution in [3.8, 4) is 0 Å². The van der Waals surface area contributed by atoms with Crippen LogP contribution in [-0.4, -0.2) is 11.6 Å². The van der Waals surface area contributed by atoms with Gasteiger partial charge in [-0.3, -0.25) is 0 Å². The van der Waals surface area contributed by atoms with E-state index in [1.165, 1.54) is 0 Å². The third kappa shape index (κ3) is 7.92. The van der Waals surface area contributed by atoms with Gasteiger partial charge in [0.05, 0.1) is 6.26 Å². The van der Waals surface area contributed by atoms with Gasteiger partial charge >= 0.3 is 0 Å². The quantitative estimate of drug-likeness (QED) is 0.809. The second-order valence-corrected chi connectivity index (χ2v) is 5.00. The summed E-state index contributed by atoms with van der Waals surface area (Å²) in [7, 11) is 0. The molecule has 0 radical (unpaired) electrons. The average Bonchev–Trinajstić information content (AvgIpc) is 3.06. The smallest absolute Gasteiger partial charge is 0.130 e. The Balaban J connectivity index is 0.000000211. The largest absolute Gasteiger partial charge is 0.469 e. The predicted octanol–water partition coefficient (Wildman–Crippen LogP) is 3.91. The van der Waals surface area contributed by atoms with Gasteiger partial charge in [-0.2, -0.15) is 0 Å². The van der Waals surface area contributed by atoms with Crippen molar-refractivity contribution in [2.45, 2.75) is 46.5 Å². The van der Waals surface area contributed by atoms with Crippen LogP contribution in [0.2, 0.25) is 0 Å². The second kappa shape index (κ2) is 8.95. The zero-order valence-electron chi connectivity index (χ0n) is 12.8. The molecule has 2 aromatic heterocycles. The van der Waals surface area contributed by atoms with Crippen LogP contribution in [0, 0.1) is 6.92 Å². The zero-order valence-corrected chi connectivity index (χ0v) is 12.8. The highest BCUT2D eigenvalue weighted by Crippen LogP contribution is 2.08. The summed E-state index contributed by atoms with van der Waals surface area (Å²) in [5, 5.41) is 0. The van der Waals surface area contributed by atoms with Crippen LogP contribution in [0.1, 0.15) is 44.0 Å². The number of Topliss-reactive ketones (excluding diaryl/α,β-unsaturated/α-hetero) is 2. The van der Waals surface area contributed by atoms with Crippen LogP contribution in [0.25, 0.3) is 0 Å². The normalized spacial score (nSPS) is 9.86. The first-order chi connectivity index (χ1) is 9.97. The van der Waals surface area contributed by atoms with E-state index in [0.717, 1.165) is 30.1 Å². The number of aryl methyl sites for hydroxylation is 3. The molecule has 2 rings (SSSR count). The molecule has 4 heteroatoms. The van der Waals surface area contributed by atoms with Gasteiger partial charge in [-0.1, -0.05) is 0 Å². The third-order valence-electron chi connectivity index (χ3n) is 2.82. The van der Waals surface area contributed by atoms with Crippen LogP contribution < -0.4 is 0 Å². The lowest BCUT2D eigenvalue weighted by Crippen LogP contribution is -1.91. The topological polar surface area (TPSA) is 60.4 Å². The molecule has 0 amide bonds. The summed E-state index contributed by atoms with van der Waals surface area (Å²) in [6, 6.07) is 7.53. The molecular formula is C17H22O4. The number of ketones is 2. The van der Waals surface area contributed by atoms with Crippen molar-refractivity contribution < 1.29 is 18.4 Å². The Morgan fingerprint density at radius 3 is 2.00 bits per heavy atom. The molecule has 2 aromatic rings. The molecular weight excluding hydrogens is 268 g/mol. The van der Waals surface area contributed by atoms with E-state index in [0.29, 0.717) is 12.8 Å². The Kier molecular flexibility index (Phi) is 7.23. The van der Waals surface area contributed by atoms with Crippen molar-refractivity contribution in [2.24, 2.45) is 0 Å².